The van der Waals surface area contributed by atoms with Gasteiger partial charge in [-0.1, -0.05) is 13.3 Å². The number of rotatable bonds is 7. The molecular weight excluding hydrogens is 188 g/mol. The van der Waals surface area contributed by atoms with Crippen LogP contribution in [0.2, 0.25) is 0 Å². The van der Waals surface area contributed by atoms with Crippen molar-refractivity contribution in [1.82, 2.24) is 10.2 Å². The minimum atomic E-state index is 0.647. The topological polar surface area (TPSA) is 24.5 Å². The van der Waals surface area contributed by atoms with Crippen LogP contribution in [0, 0.1) is 0 Å². The molecule has 0 saturated carbocycles. The van der Waals surface area contributed by atoms with Crippen LogP contribution in [0.1, 0.15) is 33.1 Å². The Morgan fingerprint density at radius 3 is 2.93 bits per heavy atom. The first kappa shape index (κ1) is 12.9. The number of hydrogen-bond acceptors (Lipinski definition) is 3. The van der Waals surface area contributed by atoms with E-state index in [4.69, 9.17) is 4.74 Å². The van der Waals surface area contributed by atoms with Crippen molar-refractivity contribution >= 4 is 0 Å². The van der Waals surface area contributed by atoms with Crippen molar-refractivity contribution in [2.75, 3.05) is 33.4 Å². The Hall–Kier alpha value is -0.120. The van der Waals surface area contributed by atoms with Gasteiger partial charge in [0.15, 0.2) is 0 Å². The highest BCUT2D eigenvalue weighted by Crippen LogP contribution is 2.09. The van der Waals surface area contributed by atoms with Crippen molar-refractivity contribution in [3.8, 4) is 0 Å². The van der Waals surface area contributed by atoms with Gasteiger partial charge >= 0.3 is 0 Å². The fourth-order valence-corrected chi connectivity index (χ4v) is 2.07. The molecule has 0 aromatic carbocycles. The molecule has 0 aromatic rings. The molecule has 0 aromatic heterocycles. The molecule has 2 unspecified atom stereocenters. The number of hydrogen-bond donors (Lipinski definition) is 1. The van der Waals surface area contributed by atoms with E-state index in [2.05, 4.69) is 31.1 Å². The molecule has 15 heavy (non-hydrogen) atoms. The molecule has 0 spiro atoms. The highest BCUT2D eigenvalue weighted by molar-refractivity contribution is 4.73. The SMILES string of the molecule is CCCC(C)NCCN(C)C1CCOC1. The monoisotopic (exact) mass is 214 g/mol. The van der Waals surface area contributed by atoms with Crippen LogP contribution < -0.4 is 5.32 Å². The van der Waals surface area contributed by atoms with Crippen LogP contribution in [-0.2, 0) is 4.74 Å². The third kappa shape index (κ3) is 4.96. The summed E-state index contributed by atoms with van der Waals surface area (Å²) < 4.78 is 5.38. The highest BCUT2D eigenvalue weighted by atomic mass is 16.5. The Labute approximate surface area is 94.2 Å². The van der Waals surface area contributed by atoms with Crippen LogP contribution in [-0.4, -0.2) is 50.3 Å². The number of nitrogens with zero attached hydrogens (tertiary/aromatic N) is 1. The van der Waals surface area contributed by atoms with E-state index in [0.717, 1.165) is 26.3 Å². The van der Waals surface area contributed by atoms with E-state index in [1.807, 2.05) is 0 Å². The second kappa shape index (κ2) is 7.20. The number of likely N-dealkylation sites (N-methyl/N-ethyl adjacent to an activating group) is 1. The lowest BCUT2D eigenvalue weighted by molar-refractivity contribution is 0.159. The smallest absolute Gasteiger partial charge is 0.0622 e. The molecule has 1 N–H and O–H groups in total. The zero-order chi connectivity index (χ0) is 11.1. The average molecular weight is 214 g/mol. The number of ether oxygens (including phenoxy) is 1. The summed E-state index contributed by atoms with van der Waals surface area (Å²) in [5.74, 6) is 0. The van der Waals surface area contributed by atoms with E-state index >= 15 is 0 Å². The second-order valence-corrected chi connectivity index (χ2v) is 4.64. The Morgan fingerprint density at radius 1 is 1.53 bits per heavy atom. The lowest BCUT2D eigenvalue weighted by atomic mass is 10.2. The van der Waals surface area contributed by atoms with Gasteiger partial charge in [0.2, 0.25) is 0 Å². The van der Waals surface area contributed by atoms with Crippen LogP contribution >= 0.6 is 0 Å². The molecule has 1 aliphatic rings. The summed E-state index contributed by atoms with van der Waals surface area (Å²) in [6.45, 7) is 8.58. The van der Waals surface area contributed by atoms with Gasteiger partial charge in [-0.15, -0.1) is 0 Å². The van der Waals surface area contributed by atoms with Gasteiger partial charge in [-0.2, -0.15) is 0 Å². The molecule has 0 amide bonds. The van der Waals surface area contributed by atoms with Gasteiger partial charge in [-0.3, -0.25) is 4.90 Å². The van der Waals surface area contributed by atoms with Crippen LogP contribution in [0.3, 0.4) is 0 Å². The fourth-order valence-electron chi connectivity index (χ4n) is 2.07. The second-order valence-electron chi connectivity index (χ2n) is 4.64. The van der Waals surface area contributed by atoms with E-state index in [9.17, 15) is 0 Å². The van der Waals surface area contributed by atoms with Crippen molar-refractivity contribution in [3.63, 3.8) is 0 Å². The average Bonchev–Trinajstić information content (AvgIpc) is 2.70. The quantitative estimate of drug-likeness (QED) is 0.695. The predicted molar refractivity (Wildman–Crippen MR) is 64.2 cm³/mol. The Kier molecular flexibility index (Phi) is 6.22. The molecule has 90 valence electrons. The summed E-state index contributed by atoms with van der Waals surface area (Å²) >= 11 is 0. The van der Waals surface area contributed by atoms with Crippen LogP contribution in [0.5, 0.6) is 0 Å². The standard InChI is InChI=1S/C12H26N2O/c1-4-5-11(2)13-7-8-14(3)12-6-9-15-10-12/h11-13H,4-10H2,1-3H3. The maximum Gasteiger partial charge on any atom is 0.0622 e. The van der Waals surface area contributed by atoms with Gasteiger partial charge < -0.3 is 10.1 Å². The van der Waals surface area contributed by atoms with Crippen LogP contribution in [0.4, 0.5) is 0 Å². The molecule has 3 nitrogen and oxygen atoms in total. The zero-order valence-corrected chi connectivity index (χ0v) is 10.5. The molecule has 1 fully saturated rings. The third-order valence-corrected chi connectivity index (χ3v) is 3.21. The van der Waals surface area contributed by atoms with Gasteiger partial charge in [0, 0.05) is 31.8 Å². The van der Waals surface area contributed by atoms with Crippen molar-refractivity contribution in [1.29, 1.82) is 0 Å². The van der Waals surface area contributed by atoms with Gasteiger partial charge in [0.1, 0.15) is 0 Å². The Morgan fingerprint density at radius 2 is 2.33 bits per heavy atom. The fraction of sp³-hybridized carbons (Fsp3) is 1.00. The minimum absolute atomic E-state index is 0.647. The van der Waals surface area contributed by atoms with Crippen LogP contribution in [0.15, 0.2) is 0 Å². The lowest BCUT2D eigenvalue weighted by Crippen LogP contribution is -2.39. The van der Waals surface area contributed by atoms with E-state index in [-0.39, 0.29) is 0 Å². The summed E-state index contributed by atoms with van der Waals surface area (Å²) in [6, 6.07) is 1.30. The lowest BCUT2D eigenvalue weighted by Gasteiger charge is -2.23. The molecule has 1 saturated heterocycles. The maximum absolute atomic E-state index is 5.38. The van der Waals surface area contributed by atoms with Gasteiger partial charge in [0.05, 0.1) is 6.61 Å². The zero-order valence-electron chi connectivity index (χ0n) is 10.5. The summed E-state index contributed by atoms with van der Waals surface area (Å²) in [6.07, 6.45) is 3.73. The molecular formula is C12H26N2O. The normalized spacial score (nSPS) is 23.6. The van der Waals surface area contributed by atoms with Crippen LogP contribution in [0.25, 0.3) is 0 Å². The summed E-state index contributed by atoms with van der Waals surface area (Å²) in [7, 11) is 2.20. The van der Waals surface area contributed by atoms with E-state index in [1.165, 1.54) is 19.3 Å². The van der Waals surface area contributed by atoms with Gasteiger partial charge in [0.25, 0.3) is 0 Å². The summed E-state index contributed by atoms with van der Waals surface area (Å²) in [4.78, 5) is 2.42. The first-order valence-corrected chi connectivity index (χ1v) is 6.25. The van der Waals surface area contributed by atoms with Crippen molar-refractivity contribution in [2.24, 2.45) is 0 Å². The molecule has 2 atom stereocenters. The largest absolute Gasteiger partial charge is 0.380 e. The Bertz CT molecular complexity index is 158. The first-order valence-electron chi connectivity index (χ1n) is 6.25. The third-order valence-electron chi connectivity index (χ3n) is 3.21. The molecule has 3 heteroatoms. The number of nitrogens with one attached hydrogen (secondary N) is 1. The van der Waals surface area contributed by atoms with Gasteiger partial charge in [-0.05, 0) is 26.8 Å². The Balaban J connectivity index is 2.03. The first-order chi connectivity index (χ1) is 7.24. The predicted octanol–water partition coefficient (Wildman–Crippen LogP) is 1.49. The van der Waals surface area contributed by atoms with E-state index in [0.29, 0.717) is 12.1 Å². The molecule has 1 aliphatic heterocycles. The highest BCUT2D eigenvalue weighted by Gasteiger charge is 2.19. The molecule has 0 radical (unpaired) electrons. The maximum atomic E-state index is 5.38. The van der Waals surface area contributed by atoms with Crippen molar-refractivity contribution < 1.29 is 4.74 Å². The van der Waals surface area contributed by atoms with E-state index < -0.39 is 0 Å². The van der Waals surface area contributed by atoms with Gasteiger partial charge in [-0.25, -0.2) is 0 Å². The summed E-state index contributed by atoms with van der Waals surface area (Å²) in [5.41, 5.74) is 0. The molecule has 0 bridgehead atoms. The summed E-state index contributed by atoms with van der Waals surface area (Å²) in [5, 5.41) is 3.56. The molecule has 1 rings (SSSR count). The molecule has 1 heterocycles. The van der Waals surface area contributed by atoms with Crippen molar-refractivity contribution in [2.45, 2.75) is 45.2 Å². The molecule has 0 aliphatic carbocycles. The van der Waals surface area contributed by atoms with Crippen molar-refractivity contribution in [3.05, 3.63) is 0 Å². The van der Waals surface area contributed by atoms with E-state index in [1.54, 1.807) is 0 Å². The minimum Gasteiger partial charge on any atom is -0.380 e.